The molecular formula is C6H9KO2. The van der Waals surface area contributed by atoms with Crippen LogP contribution >= 0.6 is 0 Å². The first-order chi connectivity index (χ1) is 3.93. The SMILES string of the molecule is O=[C-]C1CCOCC1.[K+]. The van der Waals surface area contributed by atoms with Crippen molar-refractivity contribution in [3.05, 3.63) is 0 Å². The van der Waals surface area contributed by atoms with E-state index in [1.54, 1.807) is 0 Å². The van der Waals surface area contributed by atoms with Crippen LogP contribution in [0.2, 0.25) is 0 Å². The zero-order chi connectivity index (χ0) is 5.82. The van der Waals surface area contributed by atoms with Crippen molar-refractivity contribution >= 4 is 6.29 Å². The van der Waals surface area contributed by atoms with Crippen molar-refractivity contribution in [2.45, 2.75) is 12.8 Å². The average Bonchev–Trinajstić information content (AvgIpc) is 1.90. The third kappa shape index (κ3) is 3.85. The van der Waals surface area contributed by atoms with Crippen LogP contribution in [0.5, 0.6) is 0 Å². The second-order valence-corrected chi connectivity index (χ2v) is 2.00. The van der Waals surface area contributed by atoms with Gasteiger partial charge in [0.1, 0.15) is 0 Å². The molecule has 1 rings (SSSR count). The Balaban J connectivity index is 0.000000640. The van der Waals surface area contributed by atoms with E-state index in [1.807, 2.05) is 6.29 Å². The zero-order valence-electron chi connectivity index (χ0n) is 5.72. The van der Waals surface area contributed by atoms with Crippen molar-refractivity contribution in [3.63, 3.8) is 0 Å². The summed E-state index contributed by atoms with van der Waals surface area (Å²) < 4.78 is 5.02. The Morgan fingerprint density at radius 2 is 1.89 bits per heavy atom. The molecular weight excluding hydrogens is 143 g/mol. The molecule has 0 radical (unpaired) electrons. The summed E-state index contributed by atoms with van der Waals surface area (Å²) in [6, 6.07) is 0. The fraction of sp³-hybridized carbons (Fsp3) is 0.833. The van der Waals surface area contributed by atoms with Crippen LogP contribution in [0, 0.1) is 5.92 Å². The molecule has 1 heterocycles. The smallest absolute Gasteiger partial charge is 0.542 e. The number of carbonyl (C=O) groups excluding carboxylic acids is 1. The van der Waals surface area contributed by atoms with Gasteiger partial charge in [0.05, 0.1) is 0 Å². The van der Waals surface area contributed by atoms with Gasteiger partial charge in [-0.25, -0.2) is 0 Å². The molecule has 2 nitrogen and oxygen atoms in total. The predicted octanol–water partition coefficient (Wildman–Crippen LogP) is -2.47. The van der Waals surface area contributed by atoms with Crippen LogP contribution in [0.1, 0.15) is 12.8 Å². The zero-order valence-corrected chi connectivity index (χ0v) is 8.85. The first kappa shape index (κ1) is 10.3. The molecule has 0 aromatic heterocycles. The molecule has 0 bridgehead atoms. The summed E-state index contributed by atoms with van der Waals surface area (Å²) in [6.45, 7) is 1.47. The molecule has 0 saturated carbocycles. The van der Waals surface area contributed by atoms with E-state index in [2.05, 4.69) is 0 Å². The summed E-state index contributed by atoms with van der Waals surface area (Å²) in [4.78, 5) is 9.98. The van der Waals surface area contributed by atoms with Crippen molar-refractivity contribution in [1.82, 2.24) is 0 Å². The molecule has 1 saturated heterocycles. The van der Waals surface area contributed by atoms with Gasteiger partial charge in [0.2, 0.25) is 0 Å². The standard InChI is InChI=1S/C6H9O2.K/c7-5-6-1-3-8-4-2-6;/h6H,1-4H2;/q-1;+1. The van der Waals surface area contributed by atoms with Gasteiger partial charge in [-0.2, -0.15) is 0 Å². The molecule has 0 amide bonds. The maximum absolute atomic E-state index is 9.98. The van der Waals surface area contributed by atoms with Crippen molar-refractivity contribution in [2.75, 3.05) is 13.2 Å². The summed E-state index contributed by atoms with van der Waals surface area (Å²) in [5, 5.41) is 0. The molecule has 1 aliphatic heterocycles. The third-order valence-electron chi connectivity index (χ3n) is 1.39. The van der Waals surface area contributed by atoms with Gasteiger partial charge < -0.3 is 9.53 Å². The van der Waals surface area contributed by atoms with E-state index < -0.39 is 0 Å². The number of ether oxygens (including phenoxy) is 1. The second kappa shape index (κ2) is 6.01. The van der Waals surface area contributed by atoms with E-state index in [1.165, 1.54) is 0 Å². The van der Waals surface area contributed by atoms with Crippen molar-refractivity contribution in [3.8, 4) is 0 Å². The fourth-order valence-electron chi connectivity index (χ4n) is 0.815. The van der Waals surface area contributed by atoms with Crippen molar-refractivity contribution in [2.24, 2.45) is 5.92 Å². The maximum Gasteiger partial charge on any atom is 1.00 e. The molecule has 0 aliphatic carbocycles. The number of hydrogen-bond acceptors (Lipinski definition) is 2. The van der Waals surface area contributed by atoms with Crippen LogP contribution in [-0.4, -0.2) is 19.5 Å². The topological polar surface area (TPSA) is 26.3 Å². The Labute approximate surface area is 97.8 Å². The van der Waals surface area contributed by atoms with E-state index in [9.17, 15) is 4.79 Å². The minimum absolute atomic E-state index is 0. The molecule has 0 N–H and O–H groups in total. The third-order valence-corrected chi connectivity index (χ3v) is 1.39. The summed E-state index contributed by atoms with van der Waals surface area (Å²) >= 11 is 0. The van der Waals surface area contributed by atoms with Gasteiger partial charge >= 0.3 is 51.4 Å². The second-order valence-electron chi connectivity index (χ2n) is 2.00. The summed E-state index contributed by atoms with van der Waals surface area (Å²) in [5.41, 5.74) is 0. The van der Waals surface area contributed by atoms with Crippen molar-refractivity contribution < 1.29 is 60.9 Å². The largest absolute Gasteiger partial charge is 1.00 e. The molecule has 0 atom stereocenters. The van der Waals surface area contributed by atoms with Gasteiger partial charge in [-0.05, 0) is 0 Å². The van der Waals surface area contributed by atoms with E-state index >= 15 is 0 Å². The minimum Gasteiger partial charge on any atom is -0.542 e. The first-order valence-electron chi connectivity index (χ1n) is 2.89. The average molecular weight is 152 g/mol. The van der Waals surface area contributed by atoms with Crippen molar-refractivity contribution in [1.29, 1.82) is 0 Å². The Morgan fingerprint density at radius 1 is 1.33 bits per heavy atom. The minimum atomic E-state index is 0. The Bertz CT molecular complexity index is 79.1. The van der Waals surface area contributed by atoms with Gasteiger partial charge in [-0.3, -0.25) is 6.29 Å². The van der Waals surface area contributed by atoms with E-state index in [4.69, 9.17) is 4.74 Å². The van der Waals surface area contributed by atoms with Crippen LogP contribution in [0.25, 0.3) is 0 Å². The van der Waals surface area contributed by atoms with Crippen LogP contribution < -0.4 is 51.4 Å². The van der Waals surface area contributed by atoms with E-state index in [0.717, 1.165) is 26.1 Å². The Hall–Kier alpha value is 1.27. The number of rotatable bonds is 1. The molecule has 0 unspecified atom stereocenters. The van der Waals surface area contributed by atoms with Crippen LogP contribution in [-0.2, 0) is 9.53 Å². The maximum atomic E-state index is 9.98. The molecule has 1 aliphatic rings. The fourth-order valence-corrected chi connectivity index (χ4v) is 0.815. The van der Waals surface area contributed by atoms with Gasteiger partial charge in [-0.1, -0.05) is 12.8 Å². The Kier molecular flexibility index (Phi) is 6.85. The van der Waals surface area contributed by atoms with Gasteiger partial charge in [0.15, 0.2) is 0 Å². The summed E-state index contributed by atoms with van der Waals surface area (Å²) in [6.07, 6.45) is 3.70. The van der Waals surface area contributed by atoms with Crippen LogP contribution in [0.15, 0.2) is 0 Å². The monoisotopic (exact) mass is 152 g/mol. The van der Waals surface area contributed by atoms with E-state index in [0.29, 0.717) is 0 Å². The molecule has 46 valence electrons. The predicted molar refractivity (Wildman–Crippen MR) is 29.2 cm³/mol. The quantitative estimate of drug-likeness (QED) is 0.307. The van der Waals surface area contributed by atoms with Gasteiger partial charge in [0, 0.05) is 13.2 Å². The summed E-state index contributed by atoms with van der Waals surface area (Å²) in [5.74, 6) is 0.156. The van der Waals surface area contributed by atoms with Crippen LogP contribution in [0.3, 0.4) is 0 Å². The normalized spacial score (nSPS) is 20.4. The van der Waals surface area contributed by atoms with Crippen LogP contribution in [0.4, 0.5) is 0 Å². The van der Waals surface area contributed by atoms with Gasteiger partial charge in [0.25, 0.3) is 0 Å². The molecule has 0 aromatic carbocycles. The molecule has 1 fully saturated rings. The number of hydrogen-bond donors (Lipinski definition) is 0. The molecule has 9 heavy (non-hydrogen) atoms. The molecule has 0 aromatic rings. The van der Waals surface area contributed by atoms with Gasteiger partial charge in [-0.15, -0.1) is 5.92 Å². The Morgan fingerprint density at radius 3 is 2.22 bits per heavy atom. The first-order valence-corrected chi connectivity index (χ1v) is 2.89. The summed E-state index contributed by atoms with van der Waals surface area (Å²) in [7, 11) is 0. The molecule has 3 heteroatoms. The van der Waals surface area contributed by atoms with E-state index in [-0.39, 0.29) is 57.3 Å². The molecule has 0 spiro atoms.